The molecule has 0 amide bonds. The molecule has 6 nitrogen and oxygen atoms in total. The standard InChI is InChI=1S/C76H146O6/c1-4-7-10-13-16-18-20-22-24-26-28-30-32-33-34-35-36-37-38-39-40-41-42-43-45-46-48-50-52-54-56-58-60-63-66-69-75(78)81-72-73(71-80-74(77)68-65-62-15-12-9-6-3)82-76(79)70-67-64-61-59-57-55-53-51-49-47-44-31-29-27-25-23-21-19-17-14-11-8-5-2/h26,28,73H,4-25,27,29-72H2,1-3H3/b28-26-. The lowest BCUT2D eigenvalue weighted by Crippen LogP contribution is -2.30. The molecular weight excluding hydrogens is 1010 g/mol. The molecule has 0 spiro atoms. The van der Waals surface area contributed by atoms with Gasteiger partial charge in [0.2, 0.25) is 0 Å². The lowest BCUT2D eigenvalue weighted by molar-refractivity contribution is -0.167. The predicted octanol–water partition coefficient (Wildman–Crippen LogP) is 26.0. The highest BCUT2D eigenvalue weighted by Crippen LogP contribution is 2.20. The van der Waals surface area contributed by atoms with Crippen molar-refractivity contribution in [1.82, 2.24) is 0 Å². The van der Waals surface area contributed by atoms with Crippen LogP contribution in [0, 0.1) is 0 Å². The molecule has 6 heteroatoms. The molecule has 0 saturated carbocycles. The highest BCUT2D eigenvalue weighted by atomic mass is 16.6. The van der Waals surface area contributed by atoms with Crippen molar-refractivity contribution in [1.29, 1.82) is 0 Å². The monoisotopic (exact) mass is 1160 g/mol. The van der Waals surface area contributed by atoms with Crippen LogP contribution in [-0.2, 0) is 28.6 Å². The van der Waals surface area contributed by atoms with Gasteiger partial charge in [-0.2, -0.15) is 0 Å². The first-order valence-corrected chi connectivity index (χ1v) is 37.7. The van der Waals surface area contributed by atoms with Crippen LogP contribution in [0.15, 0.2) is 12.2 Å². The van der Waals surface area contributed by atoms with Crippen molar-refractivity contribution in [2.75, 3.05) is 13.2 Å². The minimum Gasteiger partial charge on any atom is -0.462 e. The second-order valence-corrected chi connectivity index (χ2v) is 25.9. The van der Waals surface area contributed by atoms with Crippen molar-refractivity contribution < 1.29 is 28.6 Å². The summed E-state index contributed by atoms with van der Waals surface area (Å²) in [5.74, 6) is -0.838. The summed E-state index contributed by atoms with van der Waals surface area (Å²) in [6.45, 7) is 6.67. The number of rotatable bonds is 71. The number of allylic oxidation sites excluding steroid dienone is 2. The zero-order chi connectivity index (χ0) is 59.2. The van der Waals surface area contributed by atoms with Crippen molar-refractivity contribution >= 4 is 17.9 Å². The van der Waals surface area contributed by atoms with E-state index in [1.165, 1.54) is 340 Å². The minimum absolute atomic E-state index is 0.0627. The van der Waals surface area contributed by atoms with E-state index in [-0.39, 0.29) is 31.1 Å². The van der Waals surface area contributed by atoms with Crippen LogP contribution >= 0.6 is 0 Å². The van der Waals surface area contributed by atoms with Gasteiger partial charge in [-0.15, -0.1) is 0 Å². The van der Waals surface area contributed by atoms with Crippen LogP contribution in [0.3, 0.4) is 0 Å². The van der Waals surface area contributed by atoms with Gasteiger partial charge in [0.05, 0.1) is 0 Å². The zero-order valence-electron chi connectivity index (χ0n) is 56.1. The molecule has 82 heavy (non-hydrogen) atoms. The summed E-state index contributed by atoms with van der Waals surface area (Å²) in [4.78, 5) is 38.1. The summed E-state index contributed by atoms with van der Waals surface area (Å²) in [5.41, 5.74) is 0. The van der Waals surface area contributed by atoms with Crippen LogP contribution in [0.2, 0.25) is 0 Å². The number of carbonyl (C=O) groups is 3. The van der Waals surface area contributed by atoms with E-state index in [1.807, 2.05) is 0 Å². The Labute approximate surface area is 513 Å². The van der Waals surface area contributed by atoms with Gasteiger partial charge in [0.25, 0.3) is 0 Å². The summed E-state index contributed by atoms with van der Waals surface area (Å²) >= 11 is 0. The smallest absolute Gasteiger partial charge is 0.306 e. The predicted molar refractivity (Wildman–Crippen MR) is 358 cm³/mol. The maximum Gasteiger partial charge on any atom is 0.306 e. The fourth-order valence-corrected chi connectivity index (χ4v) is 11.9. The number of unbranched alkanes of at least 4 members (excludes halogenated alkanes) is 58. The van der Waals surface area contributed by atoms with Crippen LogP contribution in [0.25, 0.3) is 0 Å². The Morgan fingerprint density at radius 2 is 0.402 bits per heavy atom. The van der Waals surface area contributed by atoms with Crippen LogP contribution in [0.4, 0.5) is 0 Å². The number of hydrogen-bond acceptors (Lipinski definition) is 6. The van der Waals surface area contributed by atoms with E-state index in [0.717, 1.165) is 57.8 Å². The van der Waals surface area contributed by atoms with Crippen LogP contribution < -0.4 is 0 Å². The fraction of sp³-hybridized carbons (Fsp3) is 0.934. The molecule has 1 unspecified atom stereocenters. The minimum atomic E-state index is -0.763. The first-order chi connectivity index (χ1) is 40.5. The number of carbonyl (C=O) groups excluding carboxylic acids is 3. The highest BCUT2D eigenvalue weighted by molar-refractivity contribution is 5.71. The molecule has 0 aromatic rings. The fourth-order valence-electron chi connectivity index (χ4n) is 11.9. The van der Waals surface area contributed by atoms with Crippen LogP contribution in [-0.4, -0.2) is 37.2 Å². The molecule has 0 aliphatic heterocycles. The van der Waals surface area contributed by atoms with E-state index in [0.29, 0.717) is 19.3 Å². The van der Waals surface area contributed by atoms with Crippen LogP contribution in [0.1, 0.15) is 438 Å². The van der Waals surface area contributed by atoms with Crippen LogP contribution in [0.5, 0.6) is 0 Å². The highest BCUT2D eigenvalue weighted by Gasteiger charge is 2.20. The molecule has 0 saturated heterocycles. The molecule has 0 rings (SSSR count). The Bertz CT molecular complexity index is 1280. The quantitative estimate of drug-likeness (QED) is 0.0261. The average molecular weight is 1160 g/mol. The summed E-state index contributed by atoms with van der Waals surface area (Å²) in [6, 6.07) is 0. The molecule has 0 aromatic carbocycles. The third-order valence-corrected chi connectivity index (χ3v) is 17.5. The number of esters is 3. The van der Waals surface area contributed by atoms with Crippen molar-refractivity contribution in [3.05, 3.63) is 12.2 Å². The average Bonchev–Trinajstić information content (AvgIpc) is 3.47. The summed E-state index contributed by atoms with van der Waals surface area (Å²) in [7, 11) is 0. The normalized spacial score (nSPS) is 12.0. The maximum absolute atomic E-state index is 12.9. The van der Waals surface area contributed by atoms with Gasteiger partial charge in [-0.1, -0.05) is 386 Å². The van der Waals surface area contributed by atoms with Gasteiger partial charge < -0.3 is 14.2 Å². The maximum atomic E-state index is 12.9. The second-order valence-electron chi connectivity index (χ2n) is 25.9. The van der Waals surface area contributed by atoms with Crippen molar-refractivity contribution in [3.8, 4) is 0 Å². The molecule has 0 fully saturated rings. The van der Waals surface area contributed by atoms with E-state index in [4.69, 9.17) is 14.2 Å². The molecule has 0 aliphatic carbocycles. The molecule has 0 heterocycles. The van der Waals surface area contributed by atoms with Gasteiger partial charge in [0, 0.05) is 19.3 Å². The third kappa shape index (κ3) is 68.9. The first kappa shape index (κ1) is 80.2. The summed E-state index contributed by atoms with van der Waals surface area (Å²) < 4.78 is 16.9. The number of hydrogen-bond donors (Lipinski definition) is 0. The van der Waals surface area contributed by atoms with E-state index in [2.05, 4.69) is 32.9 Å². The Kier molecular flexibility index (Phi) is 70.0. The van der Waals surface area contributed by atoms with Gasteiger partial charge in [-0.05, 0) is 44.9 Å². The topological polar surface area (TPSA) is 78.9 Å². The van der Waals surface area contributed by atoms with Gasteiger partial charge in [-0.3, -0.25) is 14.4 Å². The van der Waals surface area contributed by atoms with E-state index < -0.39 is 6.10 Å². The summed E-state index contributed by atoms with van der Waals surface area (Å²) in [5, 5.41) is 0. The Balaban J connectivity index is 3.88. The van der Waals surface area contributed by atoms with Gasteiger partial charge >= 0.3 is 17.9 Å². The zero-order valence-corrected chi connectivity index (χ0v) is 56.1. The molecule has 0 aliphatic rings. The molecule has 486 valence electrons. The Morgan fingerprint density at radius 1 is 0.232 bits per heavy atom. The van der Waals surface area contributed by atoms with Gasteiger partial charge in [0.1, 0.15) is 13.2 Å². The SMILES string of the molecule is CCCCCCCCCC/C=C\CCCCCCCCCCCCCCCCCCCCCCCCCC(=O)OCC(COC(=O)CCCCCCCC)OC(=O)CCCCCCCCCCCCCCCCCCCCCCCCC. The number of ether oxygens (including phenoxy) is 3. The molecule has 1 atom stereocenters. The van der Waals surface area contributed by atoms with E-state index >= 15 is 0 Å². The van der Waals surface area contributed by atoms with E-state index in [9.17, 15) is 14.4 Å². The summed E-state index contributed by atoms with van der Waals surface area (Å²) in [6.07, 6.45) is 87.5. The van der Waals surface area contributed by atoms with Crippen molar-refractivity contribution in [3.63, 3.8) is 0 Å². The van der Waals surface area contributed by atoms with Gasteiger partial charge in [0.15, 0.2) is 6.10 Å². The Hall–Kier alpha value is -1.85. The molecular formula is C76H146O6. The molecule has 0 bridgehead atoms. The van der Waals surface area contributed by atoms with Crippen molar-refractivity contribution in [2.24, 2.45) is 0 Å². The lowest BCUT2D eigenvalue weighted by atomic mass is 10.0. The largest absolute Gasteiger partial charge is 0.462 e. The molecule has 0 N–H and O–H groups in total. The third-order valence-electron chi connectivity index (χ3n) is 17.5. The van der Waals surface area contributed by atoms with Gasteiger partial charge in [-0.25, -0.2) is 0 Å². The lowest BCUT2D eigenvalue weighted by Gasteiger charge is -2.18. The second kappa shape index (κ2) is 71.6. The van der Waals surface area contributed by atoms with E-state index in [1.54, 1.807) is 0 Å². The van der Waals surface area contributed by atoms with Crippen molar-refractivity contribution in [2.45, 2.75) is 444 Å². The first-order valence-electron chi connectivity index (χ1n) is 37.7. The Morgan fingerprint density at radius 3 is 0.610 bits per heavy atom. The molecule has 0 aromatic heterocycles. The molecule has 0 radical (unpaired) electrons.